The number of aliphatic hydroxyl groups is 1. The number of likely N-dealkylation sites (N-methyl/N-ethyl adjacent to an activating group) is 1. The molecule has 4 fully saturated rings. The van der Waals surface area contributed by atoms with Crippen LogP contribution in [-0.2, 0) is 10.1 Å². The molecule has 4 saturated carbocycles. The SMILES string of the molecule is CCC[C@@H](C)[C@H]1CCC2C3CCC4CC(NCCC[N+](C)(C)CC(O)CS(=O)(=O)O)CC[C@]4(C)C3CC[C@@]21C. The number of nitrogens with zero attached hydrogens (tertiary/aromatic N) is 1. The fourth-order valence-electron chi connectivity index (χ4n) is 10.8. The van der Waals surface area contributed by atoms with E-state index in [1.807, 2.05) is 14.1 Å². The minimum Gasteiger partial charge on any atom is -0.386 e. The minimum atomic E-state index is -4.15. The van der Waals surface area contributed by atoms with Crippen molar-refractivity contribution in [3.8, 4) is 0 Å². The van der Waals surface area contributed by atoms with Crippen LogP contribution in [0.1, 0.15) is 105 Å². The Morgan fingerprint density at radius 1 is 1.00 bits per heavy atom. The van der Waals surface area contributed by atoms with Crippen molar-refractivity contribution in [1.82, 2.24) is 5.32 Å². The zero-order valence-electron chi connectivity index (χ0n) is 26.0. The van der Waals surface area contributed by atoms with E-state index in [1.165, 1.54) is 70.6 Å². The Balaban J connectivity index is 1.26. The van der Waals surface area contributed by atoms with Gasteiger partial charge in [0.25, 0.3) is 10.1 Å². The molecule has 6 nitrogen and oxygen atoms in total. The first-order chi connectivity index (χ1) is 18.2. The number of quaternary nitrogens is 1. The van der Waals surface area contributed by atoms with Gasteiger partial charge < -0.3 is 14.9 Å². The van der Waals surface area contributed by atoms with Gasteiger partial charge in [-0.05, 0) is 104 Å². The number of aliphatic hydroxyl groups excluding tert-OH is 1. The topological polar surface area (TPSA) is 86.6 Å². The second-order valence-electron chi connectivity index (χ2n) is 15.7. The zero-order valence-corrected chi connectivity index (χ0v) is 26.8. The number of hydrogen-bond donors (Lipinski definition) is 3. The summed E-state index contributed by atoms with van der Waals surface area (Å²) in [7, 11) is -0.111. The molecule has 0 aromatic heterocycles. The van der Waals surface area contributed by atoms with Gasteiger partial charge in [-0.1, -0.05) is 40.5 Å². The Morgan fingerprint density at radius 2 is 1.69 bits per heavy atom. The third-order valence-electron chi connectivity index (χ3n) is 12.7. The molecule has 0 aromatic carbocycles. The van der Waals surface area contributed by atoms with Gasteiger partial charge in [0.1, 0.15) is 18.4 Å². The van der Waals surface area contributed by atoms with Gasteiger partial charge >= 0.3 is 0 Å². The van der Waals surface area contributed by atoms with E-state index in [-0.39, 0.29) is 0 Å². The molecule has 228 valence electrons. The maximum Gasteiger partial charge on any atom is 0.267 e. The Bertz CT molecular complexity index is 925. The van der Waals surface area contributed by atoms with Crippen molar-refractivity contribution >= 4 is 10.1 Å². The predicted molar refractivity (Wildman–Crippen MR) is 160 cm³/mol. The second-order valence-corrected chi connectivity index (χ2v) is 17.2. The molecule has 0 spiro atoms. The first kappa shape index (κ1) is 31.7. The molecule has 3 N–H and O–H groups in total. The van der Waals surface area contributed by atoms with Crippen LogP contribution in [0.3, 0.4) is 0 Å². The molecule has 4 aliphatic carbocycles. The van der Waals surface area contributed by atoms with Crippen LogP contribution in [0.2, 0.25) is 0 Å². The fourth-order valence-corrected chi connectivity index (χ4v) is 11.4. The van der Waals surface area contributed by atoms with Crippen molar-refractivity contribution in [3.05, 3.63) is 0 Å². The average molecular weight is 570 g/mol. The van der Waals surface area contributed by atoms with Gasteiger partial charge in [-0.3, -0.25) is 4.55 Å². The van der Waals surface area contributed by atoms with Crippen LogP contribution in [0.15, 0.2) is 0 Å². The summed E-state index contributed by atoms with van der Waals surface area (Å²) in [6, 6.07) is 0.611. The first-order valence-corrected chi connectivity index (χ1v) is 18.0. The van der Waals surface area contributed by atoms with Crippen molar-refractivity contribution in [1.29, 1.82) is 0 Å². The first-order valence-electron chi connectivity index (χ1n) is 16.4. The predicted octanol–water partition coefficient (Wildman–Crippen LogP) is 5.75. The third kappa shape index (κ3) is 7.06. The number of fused-ring (bicyclic) bond motifs is 5. The quantitative estimate of drug-likeness (QED) is 0.158. The molecule has 0 radical (unpaired) electrons. The molecule has 4 rings (SSSR count). The van der Waals surface area contributed by atoms with Crippen LogP contribution in [0, 0.1) is 46.3 Å². The highest BCUT2D eigenvalue weighted by Gasteiger charge is 2.60. The van der Waals surface area contributed by atoms with Crippen LogP contribution >= 0.6 is 0 Å². The van der Waals surface area contributed by atoms with E-state index >= 15 is 0 Å². The molecule has 0 aromatic rings. The van der Waals surface area contributed by atoms with Gasteiger partial charge in [0.2, 0.25) is 0 Å². The summed E-state index contributed by atoms with van der Waals surface area (Å²) in [5.74, 6) is 4.96. The largest absolute Gasteiger partial charge is 0.386 e. The fraction of sp³-hybridized carbons (Fsp3) is 1.00. The van der Waals surface area contributed by atoms with Gasteiger partial charge in [-0.25, -0.2) is 0 Å². The summed E-state index contributed by atoms with van der Waals surface area (Å²) in [4.78, 5) is 0. The lowest BCUT2D eigenvalue weighted by atomic mass is 9.44. The summed E-state index contributed by atoms with van der Waals surface area (Å²) in [6.45, 7) is 12.4. The third-order valence-corrected chi connectivity index (χ3v) is 13.5. The van der Waals surface area contributed by atoms with E-state index in [0.29, 0.717) is 27.9 Å². The van der Waals surface area contributed by atoms with Gasteiger partial charge in [0.05, 0.1) is 20.6 Å². The van der Waals surface area contributed by atoms with E-state index in [9.17, 15) is 13.5 Å². The zero-order chi connectivity index (χ0) is 28.6. The van der Waals surface area contributed by atoms with E-state index in [1.54, 1.807) is 0 Å². The van der Waals surface area contributed by atoms with Crippen LogP contribution in [0.4, 0.5) is 0 Å². The second kappa shape index (κ2) is 12.2. The smallest absolute Gasteiger partial charge is 0.267 e. The van der Waals surface area contributed by atoms with Gasteiger partial charge in [-0.15, -0.1) is 0 Å². The van der Waals surface area contributed by atoms with Crippen LogP contribution in [-0.4, -0.2) is 74.2 Å². The standard InChI is InChI=1S/C32H60N2O4S/c1-7-9-23(2)28-12-13-29-27-11-10-24-20-25(14-16-31(24,3)30(27)15-17-32(28,29)4)33-18-8-19-34(5,6)21-26(35)22-39(36,37)38/h23-30,33,35H,7-22H2,1-6H3/p+1/t23-,24?,25?,26?,27?,28-,29?,30?,31+,32-/m1/s1. The lowest BCUT2D eigenvalue weighted by Gasteiger charge is -2.61. The molecular formula is C32H61N2O4S+. The van der Waals surface area contributed by atoms with E-state index in [0.717, 1.165) is 55.0 Å². The Hall–Kier alpha value is -0.210. The van der Waals surface area contributed by atoms with Gasteiger partial charge in [0.15, 0.2) is 0 Å². The summed E-state index contributed by atoms with van der Waals surface area (Å²) in [5, 5.41) is 13.9. The van der Waals surface area contributed by atoms with E-state index in [2.05, 4.69) is 33.0 Å². The molecule has 39 heavy (non-hydrogen) atoms. The summed E-state index contributed by atoms with van der Waals surface area (Å²) < 4.78 is 31.7. The summed E-state index contributed by atoms with van der Waals surface area (Å²) in [5.41, 5.74) is 1.12. The molecule has 0 amide bonds. The van der Waals surface area contributed by atoms with Crippen molar-refractivity contribution in [2.45, 2.75) is 117 Å². The number of rotatable bonds is 12. The van der Waals surface area contributed by atoms with Crippen molar-refractivity contribution in [2.75, 3.05) is 39.5 Å². The molecule has 6 unspecified atom stereocenters. The maximum absolute atomic E-state index is 11.1. The molecule has 0 bridgehead atoms. The Morgan fingerprint density at radius 3 is 2.38 bits per heavy atom. The number of nitrogens with one attached hydrogen (secondary N) is 1. The van der Waals surface area contributed by atoms with Gasteiger partial charge in [0, 0.05) is 19.0 Å². The molecule has 4 aliphatic rings. The van der Waals surface area contributed by atoms with Crippen LogP contribution in [0.25, 0.3) is 0 Å². The molecular weight excluding hydrogens is 508 g/mol. The summed E-state index contributed by atoms with van der Waals surface area (Å²) >= 11 is 0. The molecule has 10 atom stereocenters. The highest BCUT2D eigenvalue weighted by Crippen LogP contribution is 2.68. The maximum atomic E-state index is 11.1. The highest BCUT2D eigenvalue weighted by atomic mass is 32.2. The van der Waals surface area contributed by atoms with Crippen LogP contribution < -0.4 is 5.32 Å². The Labute approximate surface area is 240 Å². The number of hydrogen-bond acceptors (Lipinski definition) is 4. The van der Waals surface area contributed by atoms with E-state index < -0.39 is 22.0 Å². The monoisotopic (exact) mass is 569 g/mol. The lowest BCUT2D eigenvalue weighted by molar-refractivity contribution is -0.893. The van der Waals surface area contributed by atoms with Crippen molar-refractivity contribution in [3.63, 3.8) is 0 Å². The molecule has 0 aliphatic heterocycles. The van der Waals surface area contributed by atoms with Crippen molar-refractivity contribution in [2.24, 2.45) is 46.3 Å². The average Bonchev–Trinajstić information content (AvgIpc) is 3.17. The minimum absolute atomic E-state index is 0.324. The lowest BCUT2D eigenvalue weighted by Crippen LogP contribution is -2.55. The Kier molecular flexibility index (Phi) is 9.91. The van der Waals surface area contributed by atoms with E-state index in [4.69, 9.17) is 4.55 Å². The molecule has 7 heteroatoms. The summed E-state index contributed by atoms with van der Waals surface area (Å²) in [6.07, 6.45) is 15.5. The van der Waals surface area contributed by atoms with Crippen molar-refractivity contribution < 1.29 is 22.6 Å². The highest BCUT2D eigenvalue weighted by molar-refractivity contribution is 7.85. The molecule has 0 heterocycles. The van der Waals surface area contributed by atoms with Crippen LogP contribution in [0.5, 0.6) is 0 Å². The van der Waals surface area contributed by atoms with Gasteiger partial charge in [-0.2, -0.15) is 8.42 Å². The normalized spacial score (nSPS) is 40.4. The molecule has 0 saturated heterocycles.